The lowest BCUT2D eigenvalue weighted by Gasteiger charge is -2.30. The molecule has 0 radical (unpaired) electrons. The molecule has 2 atom stereocenters. The van der Waals surface area contributed by atoms with Gasteiger partial charge < -0.3 is 29.4 Å². The van der Waals surface area contributed by atoms with Crippen LogP contribution in [-0.2, 0) is 29.2 Å². The third kappa shape index (κ3) is 10.9. The van der Waals surface area contributed by atoms with Crippen LogP contribution in [0.25, 0.3) is 6.08 Å². The number of halogens is 1. The standard InChI is InChI=1S/C50H47BrN2O6/c51-44-22-11-10-21-43(44)47-50(30-12-20-37-14-4-1-5-15-37,53-48(59-47)41-24-26-42(27-25-41)56-33-13-32-54)49(55)52-31-29-38-23-28-45(57-35-39-16-6-2-7-17-39)46(34-38)58-36-40-18-8-3-9-19-40/h1-12,14-28,34,47,54H,13,29-33,35-36H2,(H,52,55)/b20-12+/t47-,50-/m1/s1. The van der Waals surface area contributed by atoms with E-state index in [1.54, 1.807) is 0 Å². The van der Waals surface area contributed by atoms with E-state index in [0.29, 0.717) is 62.4 Å². The Balaban J connectivity index is 1.15. The number of carbonyl (C=O) groups is 1. The molecule has 0 unspecified atom stereocenters. The molecule has 6 aromatic rings. The molecule has 0 spiro atoms. The summed E-state index contributed by atoms with van der Waals surface area (Å²) >= 11 is 3.74. The van der Waals surface area contributed by atoms with Crippen molar-refractivity contribution in [3.05, 3.63) is 202 Å². The van der Waals surface area contributed by atoms with Gasteiger partial charge in [0.05, 0.1) is 6.61 Å². The van der Waals surface area contributed by atoms with Gasteiger partial charge in [0.1, 0.15) is 19.0 Å². The summed E-state index contributed by atoms with van der Waals surface area (Å²) in [6.45, 7) is 1.60. The van der Waals surface area contributed by atoms with Crippen LogP contribution in [0.1, 0.15) is 52.3 Å². The summed E-state index contributed by atoms with van der Waals surface area (Å²) in [6, 6.07) is 51.2. The van der Waals surface area contributed by atoms with Gasteiger partial charge >= 0.3 is 0 Å². The second-order valence-corrected chi connectivity index (χ2v) is 15.0. The van der Waals surface area contributed by atoms with Crippen molar-refractivity contribution < 1.29 is 28.8 Å². The Morgan fingerprint density at radius 3 is 2.07 bits per heavy atom. The molecule has 0 aromatic heterocycles. The van der Waals surface area contributed by atoms with Crippen molar-refractivity contribution in [1.29, 1.82) is 0 Å². The highest BCUT2D eigenvalue weighted by molar-refractivity contribution is 9.10. The largest absolute Gasteiger partial charge is 0.494 e. The van der Waals surface area contributed by atoms with Gasteiger partial charge in [-0.2, -0.15) is 0 Å². The molecule has 300 valence electrons. The van der Waals surface area contributed by atoms with Gasteiger partial charge in [-0.25, -0.2) is 4.99 Å². The van der Waals surface area contributed by atoms with E-state index in [-0.39, 0.29) is 18.9 Å². The third-order valence-electron chi connectivity index (χ3n) is 9.94. The smallest absolute Gasteiger partial charge is 0.252 e. The summed E-state index contributed by atoms with van der Waals surface area (Å²) in [5.41, 5.74) is 4.28. The van der Waals surface area contributed by atoms with Crippen molar-refractivity contribution in [3.63, 3.8) is 0 Å². The van der Waals surface area contributed by atoms with E-state index in [4.69, 9.17) is 29.0 Å². The highest BCUT2D eigenvalue weighted by Crippen LogP contribution is 2.45. The maximum Gasteiger partial charge on any atom is 0.252 e. The number of aliphatic imine (C=N–C) groups is 1. The number of nitrogens with one attached hydrogen (secondary N) is 1. The van der Waals surface area contributed by atoms with Crippen molar-refractivity contribution in [2.75, 3.05) is 19.8 Å². The number of amides is 1. The molecule has 8 nitrogen and oxygen atoms in total. The number of rotatable bonds is 19. The minimum Gasteiger partial charge on any atom is -0.494 e. The molecule has 59 heavy (non-hydrogen) atoms. The summed E-state index contributed by atoms with van der Waals surface area (Å²) in [4.78, 5) is 20.0. The zero-order valence-electron chi connectivity index (χ0n) is 32.7. The Labute approximate surface area is 354 Å². The normalized spacial score (nSPS) is 16.0. The third-order valence-corrected chi connectivity index (χ3v) is 10.7. The highest BCUT2D eigenvalue weighted by Gasteiger charge is 2.53. The van der Waals surface area contributed by atoms with Crippen LogP contribution in [-0.4, -0.2) is 42.2 Å². The molecule has 0 saturated heterocycles. The minimum absolute atomic E-state index is 0.0582. The molecular formula is C50H47BrN2O6. The van der Waals surface area contributed by atoms with E-state index in [1.165, 1.54) is 0 Å². The number of hydrogen-bond acceptors (Lipinski definition) is 7. The second-order valence-electron chi connectivity index (χ2n) is 14.2. The number of ether oxygens (including phenoxy) is 4. The van der Waals surface area contributed by atoms with Crippen LogP contribution in [0.15, 0.2) is 173 Å². The van der Waals surface area contributed by atoms with E-state index in [1.807, 2.05) is 170 Å². The first-order valence-electron chi connectivity index (χ1n) is 19.8. The average molecular weight is 852 g/mol. The first-order valence-corrected chi connectivity index (χ1v) is 20.6. The average Bonchev–Trinajstić information content (AvgIpc) is 3.67. The van der Waals surface area contributed by atoms with E-state index in [9.17, 15) is 4.79 Å². The van der Waals surface area contributed by atoms with Crippen LogP contribution in [0.2, 0.25) is 0 Å². The van der Waals surface area contributed by atoms with Gasteiger partial charge in [-0.1, -0.05) is 143 Å². The molecule has 7 rings (SSSR count). The van der Waals surface area contributed by atoms with Crippen molar-refractivity contribution in [1.82, 2.24) is 5.32 Å². The molecule has 0 fully saturated rings. The maximum absolute atomic E-state index is 14.8. The number of carbonyl (C=O) groups excluding carboxylic acids is 1. The highest BCUT2D eigenvalue weighted by atomic mass is 79.9. The van der Waals surface area contributed by atoms with Gasteiger partial charge in [0, 0.05) is 41.6 Å². The van der Waals surface area contributed by atoms with Gasteiger partial charge in [0.15, 0.2) is 23.1 Å². The molecule has 1 amide bonds. The quantitative estimate of drug-likeness (QED) is 0.0788. The Hall–Kier alpha value is -6.16. The predicted octanol–water partition coefficient (Wildman–Crippen LogP) is 10.1. The molecule has 1 aliphatic rings. The molecule has 0 aliphatic carbocycles. The number of benzene rings is 6. The van der Waals surface area contributed by atoms with Crippen molar-refractivity contribution in [3.8, 4) is 17.2 Å². The SMILES string of the molecule is O=C(NCCc1ccc(OCc2ccccc2)c(OCc2ccccc2)c1)[C@]1(C/C=C/c2ccccc2)N=C(c2ccc(OCCCO)cc2)O[C@@H]1c1ccccc1Br. The first-order chi connectivity index (χ1) is 29.0. The van der Waals surface area contributed by atoms with Gasteiger partial charge in [0.2, 0.25) is 5.90 Å². The number of aliphatic hydroxyl groups excluding tert-OH is 1. The van der Waals surface area contributed by atoms with Crippen molar-refractivity contribution >= 4 is 33.8 Å². The molecule has 2 N–H and O–H groups in total. The number of nitrogens with zero attached hydrogens (tertiary/aromatic N) is 1. The van der Waals surface area contributed by atoms with Crippen LogP contribution >= 0.6 is 15.9 Å². The Kier molecular flexibility index (Phi) is 14.3. The Morgan fingerprint density at radius 1 is 0.746 bits per heavy atom. The zero-order valence-corrected chi connectivity index (χ0v) is 34.3. The summed E-state index contributed by atoms with van der Waals surface area (Å²) in [5.74, 6) is 2.06. The fourth-order valence-corrected chi connectivity index (χ4v) is 7.30. The number of hydrogen-bond donors (Lipinski definition) is 2. The summed E-state index contributed by atoms with van der Waals surface area (Å²) in [5, 5.41) is 12.4. The lowest BCUT2D eigenvalue weighted by molar-refractivity contribution is -0.128. The monoisotopic (exact) mass is 850 g/mol. The molecule has 6 aromatic carbocycles. The molecule has 0 bridgehead atoms. The van der Waals surface area contributed by atoms with Crippen LogP contribution in [0.4, 0.5) is 0 Å². The zero-order chi connectivity index (χ0) is 40.7. The van der Waals surface area contributed by atoms with Crippen molar-refractivity contribution in [2.45, 2.75) is 44.1 Å². The summed E-state index contributed by atoms with van der Waals surface area (Å²) in [6.07, 6.45) is 4.62. The van der Waals surface area contributed by atoms with Gasteiger partial charge in [-0.3, -0.25) is 4.79 Å². The lowest BCUT2D eigenvalue weighted by Crippen LogP contribution is -2.48. The maximum atomic E-state index is 14.8. The molecule has 1 aliphatic heterocycles. The topological polar surface area (TPSA) is 98.6 Å². The van der Waals surface area contributed by atoms with Crippen LogP contribution in [0.3, 0.4) is 0 Å². The molecule has 0 saturated carbocycles. The van der Waals surface area contributed by atoms with Crippen LogP contribution in [0, 0.1) is 0 Å². The Bertz CT molecular complexity index is 2320. The fourth-order valence-electron chi connectivity index (χ4n) is 6.80. The van der Waals surface area contributed by atoms with Gasteiger partial charge in [0.25, 0.3) is 5.91 Å². The van der Waals surface area contributed by atoms with Crippen LogP contribution in [0.5, 0.6) is 17.2 Å². The second kappa shape index (κ2) is 20.5. The van der Waals surface area contributed by atoms with E-state index in [2.05, 4.69) is 21.2 Å². The lowest BCUT2D eigenvalue weighted by atomic mass is 9.84. The summed E-state index contributed by atoms with van der Waals surface area (Å²) < 4.78 is 25.9. The van der Waals surface area contributed by atoms with Crippen molar-refractivity contribution in [2.24, 2.45) is 4.99 Å². The Morgan fingerprint density at radius 2 is 1.39 bits per heavy atom. The predicted molar refractivity (Wildman–Crippen MR) is 236 cm³/mol. The van der Waals surface area contributed by atoms with Crippen LogP contribution < -0.4 is 19.5 Å². The summed E-state index contributed by atoms with van der Waals surface area (Å²) in [7, 11) is 0. The number of aliphatic hydroxyl groups is 1. The minimum atomic E-state index is -1.35. The van der Waals surface area contributed by atoms with E-state index in [0.717, 1.165) is 37.9 Å². The first kappa shape index (κ1) is 41.0. The van der Waals surface area contributed by atoms with E-state index >= 15 is 0 Å². The fraction of sp³-hybridized carbons (Fsp3) is 0.200. The van der Waals surface area contributed by atoms with Gasteiger partial charge in [-0.05, 0) is 71.1 Å². The molecule has 1 heterocycles. The van der Waals surface area contributed by atoms with E-state index < -0.39 is 11.6 Å². The molecular weight excluding hydrogens is 804 g/mol. The van der Waals surface area contributed by atoms with Gasteiger partial charge in [-0.15, -0.1) is 0 Å². The molecule has 9 heteroatoms.